The van der Waals surface area contributed by atoms with Crippen LogP contribution in [0.3, 0.4) is 0 Å². The minimum absolute atomic E-state index is 0.0601. The lowest BCUT2D eigenvalue weighted by Gasteiger charge is -2.19. The van der Waals surface area contributed by atoms with Crippen molar-refractivity contribution in [3.05, 3.63) is 0 Å². The molecule has 0 aromatic carbocycles. The summed E-state index contributed by atoms with van der Waals surface area (Å²) < 4.78 is 5.01. The summed E-state index contributed by atoms with van der Waals surface area (Å²) >= 11 is 0. The molecule has 0 saturated carbocycles. The van der Waals surface area contributed by atoms with Gasteiger partial charge in [0.2, 0.25) is 5.91 Å². The van der Waals surface area contributed by atoms with Gasteiger partial charge in [0, 0.05) is 6.42 Å². The zero-order chi connectivity index (χ0) is 13.6. The van der Waals surface area contributed by atoms with E-state index in [1.165, 1.54) is 6.92 Å². The predicted molar refractivity (Wildman–Crippen MR) is 60.3 cm³/mol. The van der Waals surface area contributed by atoms with Crippen molar-refractivity contribution in [1.29, 1.82) is 0 Å². The third kappa shape index (κ3) is 8.24. The van der Waals surface area contributed by atoms with Crippen molar-refractivity contribution in [3.63, 3.8) is 0 Å². The highest BCUT2D eigenvalue weighted by Gasteiger charge is 2.18. The Kier molecular flexibility index (Phi) is 5.64. The zero-order valence-corrected chi connectivity index (χ0v) is 10.6. The van der Waals surface area contributed by atoms with E-state index >= 15 is 0 Å². The number of nitrogens with one attached hydrogen (secondary N) is 1. The van der Waals surface area contributed by atoms with E-state index in [0.717, 1.165) is 0 Å². The molecule has 6 nitrogen and oxygen atoms in total. The highest BCUT2D eigenvalue weighted by molar-refractivity contribution is 5.85. The van der Waals surface area contributed by atoms with Crippen LogP contribution < -0.4 is 5.32 Å². The summed E-state index contributed by atoms with van der Waals surface area (Å²) in [4.78, 5) is 33.0. The summed E-state index contributed by atoms with van der Waals surface area (Å²) in [5.41, 5.74) is -0.581. The number of carbonyl (C=O) groups is 3. The van der Waals surface area contributed by atoms with Crippen LogP contribution in [0.5, 0.6) is 0 Å². The van der Waals surface area contributed by atoms with Gasteiger partial charge >= 0.3 is 11.9 Å². The molecule has 0 aromatic rings. The minimum atomic E-state index is -1.12. The van der Waals surface area contributed by atoms with Gasteiger partial charge in [-0.3, -0.25) is 14.4 Å². The lowest BCUT2D eigenvalue weighted by atomic mass is 10.2. The molecule has 0 radical (unpaired) electrons. The van der Waals surface area contributed by atoms with Crippen LogP contribution in [0.15, 0.2) is 0 Å². The number of hydrogen-bond acceptors (Lipinski definition) is 4. The molecule has 0 saturated heterocycles. The molecule has 0 aliphatic heterocycles. The van der Waals surface area contributed by atoms with Crippen molar-refractivity contribution in [2.24, 2.45) is 0 Å². The average Bonchev–Trinajstić information content (AvgIpc) is 2.11. The summed E-state index contributed by atoms with van der Waals surface area (Å²) in [5, 5.41) is 10.8. The number of carbonyl (C=O) groups excluding carboxylic acids is 2. The van der Waals surface area contributed by atoms with Crippen LogP contribution in [-0.4, -0.2) is 34.6 Å². The third-order valence-corrected chi connectivity index (χ3v) is 1.72. The van der Waals surface area contributed by atoms with Crippen LogP contribution >= 0.6 is 0 Å². The van der Waals surface area contributed by atoms with Gasteiger partial charge in [-0.2, -0.15) is 0 Å². The van der Waals surface area contributed by atoms with Crippen molar-refractivity contribution < 1.29 is 24.2 Å². The summed E-state index contributed by atoms with van der Waals surface area (Å²) in [7, 11) is 0. The molecule has 2 N–H and O–H groups in total. The minimum Gasteiger partial charge on any atom is -0.480 e. The van der Waals surface area contributed by atoms with Crippen LogP contribution in [-0.2, 0) is 19.1 Å². The molecule has 0 aliphatic rings. The number of ether oxygens (including phenoxy) is 1. The maximum absolute atomic E-state index is 11.3. The molecule has 6 heteroatoms. The Morgan fingerprint density at radius 3 is 2.18 bits per heavy atom. The van der Waals surface area contributed by atoms with Crippen molar-refractivity contribution in [1.82, 2.24) is 5.32 Å². The van der Waals surface area contributed by atoms with Crippen LogP contribution in [0.4, 0.5) is 0 Å². The smallest absolute Gasteiger partial charge is 0.325 e. The van der Waals surface area contributed by atoms with Gasteiger partial charge in [0.1, 0.15) is 11.6 Å². The summed E-state index contributed by atoms with van der Waals surface area (Å²) in [5.74, 6) is -2.07. The maximum Gasteiger partial charge on any atom is 0.325 e. The lowest BCUT2D eigenvalue weighted by molar-refractivity contribution is -0.155. The Hall–Kier alpha value is -1.59. The SMILES string of the molecule is CC(NC(=O)CCC(=O)OC(C)(C)C)C(=O)O. The van der Waals surface area contributed by atoms with Crippen molar-refractivity contribution in [3.8, 4) is 0 Å². The van der Waals surface area contributed by atoms with E-state index in [0.29, 0.717) is 0 Å². The van der Waals surface area contributed by atoms with Crippen LogP contribution in [0.1, 0.15) is 40.5 Å². The summed E-state index contributed by atoms with van der Waals surface area (Å²) in [6.07, 6.45) is -0.137. The second-order valence-corrected chi connectivity index (χ2v) is 4.71. The molecule has 1 atom stereocenters. The standard InChI is InChI=1S/C11H19NO5/c1-7(10(15)16)12-8(13)5-6-9(14)17-11(2,3)4/h7H,5-6H2,1-4H3,(H,12,13)(H,15,16). The van der Waals surface area contributed by atoms with E-state index in [-0.39, 0.29) is 12.8 Å². The molecule has 0 fully saturated rings. The van der Waals surface area contributed by atoms with Crippen molar-refractivity contribution >= 4 is 17.8 Å². The molecule has 17 heavy (non-hydrogen) atoms. The molecular weight excluding hydrogens is 226 g/mol. The highest BCUT2D eigenvalue weighted by Crippen LogP contribution is 2.09. The lowest BCUT2D eigenvalue weighted by Crippen LogP contribution is -2.38. The van der Waals surface area contributed by atoms with E-state index in [2.05, 4.69) is 5.32 Å². The first-order valence-electron chi connectivity index (χ1n) is 5.36. The number of esters is 1. The molecule has 0 rings (SSSR count). The molecular formula is C11H19NO5. The molecule has 0 aliphatic carbocycles. The number of aliphatic carboxylic acids is 1. The Labute approximate surface area is 100 Å². The van der Waals surface area contributed by atoms with E-state index in [1.807, 2.05) is 0 Å². The van der Waals surface area contributed by atoms with Crippen molar-refractivity contribution in [2.75, 3.05) is 0 Å². The van der Waals surface area contributed by atoms with Gasteiger partial charge in [-0.1, -0.05) is 0 Å². The second-order valence-electron chi connectivity index (χ2n) is 4.71. The first-order valence-corrected chi connectivity index (χ1v) is 5.36. The van der Waals surface area contributed by atoms with E-state index in [4.69, 9.17) is 9.84 Å². The fourth-order valence-corrected chi connectivity index (χ4v) is 0.984. The van der Waals surface area contributed by atoms with E-state index in [9.17, 15) is 14.4 Å². The average molecular weight is 245 g/mol. The van der Waals surface area contributed by atoms with Crippen molar-refractivity contribution in [2.45, 2.75) is 52.2 Å². The number of carboxylic acids is 1. The molecule has 0 heterocycles. The third-order valence-electron chi connectivity index (χ3n) is 1.72. The molecule has 0 aromatic heterocycles. The number of carboxylic acid groups (broad SMARTS) is 1. The number of amides is 1. The molecule has 0 spiro atoms. The molecule has 1 unspecified atom stereocenters. The van der Waals surface area contributed by atoms with Gasteiger partial charge < -0.3 is 15.2 Å². The molecule has 98 valence electrons. The Bertz CT molecular complexity index is 305. The van der Waals surface area contributed by atoms with Gasteiger partial charge in [0.15, 0.2) is 0 Å². The molecule has 1 amide bonds. The van der Waals surface area contributed by atoms with Gasteiger partial charge in [-0.25, -0.2) is 0 Å². The van der Waals surface area contributed by atoms with E-state index in [1.54, 1.807) is 20.8 Å². The highest BCUT2D eigenvalue weighted by atomic mass is 16.6. The summed E-state index contributed by atoms with van der Waals surface area (Å²) in [6.45, 7) is 6.56. The first-order chi connectivity index (χ1) is 7.61. The van der Waals surface area contributed by atoms with Gasteiger partial charge in [-0.05, 0) is 27.7 Å². The number of hydrogen-bond donors (Lipinski definition) is 2. The Morgan fingerprint density at radius 1 is 1.24 bits per heavy atom. The van der Waals surface area contributed by atoms with Gasteiger partial charge in [-0.15, -0.1) is 0 Å². The summed E-state index contributed by atoms with van der Waals surface area (Å²) in [6, 6.07) is -0.957. The fraction of sp³-hybridized carbons (Fsp3) is 0.727. The van der Waals surface area contributed by atoms with Crippen LogP contribution in [0.2, 0.25) is 0 Å². The monoisotopic (exact) mass is 245 g/mol. The zero-order valence-electron chi connectivity index (χ0n) is 10.6. The van der Waals surface area contributed by atoms with Gasteiger partial charge in [0.25, 0.3) is 0 Å². The fourth-order valence-electron chi connectivity index (χ4n) is 0.984. The largest absolute Gasteiger partial charge is 0.480 e. The predicted octanol–water partition coefficient (Wildman–Crippen LogP) is 0.698. The van der Waals surface area contributed by atoms with Crippen LogP contribution in [0.25, 0.3) is 0 Å². The van der Waals surface area contributed by atoms with E-state index < -0.39 is 29.5 Å². The van der Waals surface area contributed by atoms with Gasteiger partial charge in [0.05, 0.1) is 6.42 Å². The maximum atomic E-state index is 11.3. The Balaban J connectivity index is 3.93. The molecule has 0 bridgehead atoms. The number of rotatable bonds is 5. The quantitative estimate of drug-likeness (QED) is 0.695. The first kappa shape index (κ1) is 15.4. The Morgan fingerprint density at radius 2 is 1.76 bits per heavy atom. The topological polar surface area (TPSA) is 92.7 Å². The normalized spacial score (nSPS) is 12.7. The second kappa shape index (κ2) is 6.22. The van der Waals surface area contributed by atoms with Crippen LogP contribution in [0, 0.1) is 0 Å².